The Kier molecular flexibility index (Phi) is 2.92. The van der Waals surface area contributed by atoms with E-state index in [1.54, 1.807) is 13.8 Å². The van der Waals surface area contributed by atoms with Crippen LogP contribution in [0.2, 0.25) is 0 Å². The lowest BCUT2D eigenvalue weighted by molar-refractivity contribution is 0.569. The van der Waals surface area contributed by atoms with E-state index < -0.39 is 10.0 Å². The van der Waals surface area contributed by atoms with Crippen LogP contribution in [0.1, 0.15) is 19.0 Å². The molecule has 1 heterocycles. The molecule has 1 rings (SSSR count). The fraction of sp³-hybridized carbons (Fsp3) is 0.571. The van der Waals surface area contributed by atoms with Gasteiger partial charge in [-0.2, -0.15) is 4.98 Å². The highest BCUT2D eigenvalue weighted by molar-refractivity contribution is 7.92. The SMILES string of the molecule is CCCS(=O)(=O)Nc1nc(C)co1. The number of anilines is 1. The first kappa shape index (κ1) is 10.0. The molecule has 0 radical (unpaired) electrons. The molecule has 5 nitrogen and oxygen atoms in total. The Bertz CT molecular complexity index is 369. The molecule has 0 atom stereocenters. The van der Waals surface area contributed by atoms with Gasteiger partial charge in [-0.25, -0.2) is 13.1 Å². The number of oxazole rings is 1. The fourth-order valence-corrected chi connectivity index (χ4v) is 1.85. The Hall–Kier alpha value is -1.04. The standard InChI is InChI=1S/C7H12N2O3S/c1-3-4-13(10,11)9-7-8-6(2)5-12-7/h5H,3-4H2,1-2H3,(H,8,9). The van der Waals surface area contributed by atoms with E-state index in [-0.39, 0.29) is 11.8 Å². The third-order valence-corrected chi connectivity index (χ3v) is 2.77. The van der Waals surface area contributed by atoms with Gasteiger partial charge in [0.25, 0.3) is 0 Å². The molecular weight excluding hydrogens is 192 g/mol. The molecule has 0 bridgehead atoms. The molecule has 0 amide bonds. The first-order valence-electron chi connectivity index (χ1n) is 3.96. The fourth-order valence-electron chi connectivity index (χ4n) is 0.854. The van der Waals surface area contributed by atoms with Crippen molar-refractivity contribution >= 4 is 16.0 Å². The summed E-state index contributed by atoms with van der Waals surface area (Å²) in [6, 6.07) is 0.0333. The molecule has 0 unspecified atom stereocenters. The molecular formula is C7H12N2O3S. The van der Waals surface area contributed by atoms with E-state index >= 15 is 0 Å². The summed E-state index contributed by atoms with van der Waals surface area (Å²) in [4.78, 5) is 3.82. The number of nitrogens with one attached hydrogen (secondary N) is 1. The smallest absolute Gasteiger partial charge is 0.308 e. The quantitative estimate of drug-likeness (QED) is 0.798. The summed E-state index contributed by atoms with van der Waals surface area (Å²) in [5.41, 5.74) is 0.647. The van der Waals surface area contributed by atoms with Gasteiger partial charge < -0.3 is 4.42 Å². The second-order valence-electron chi connectivity index (χ2n) is 2.71. The maximum atomic E-state index is 11.2. The van der Waals surface area contributed by atoms with Gasteiger partial charge in [0.2, 0.25) is 10.0 Å². The van der Waals surface area contributed by atoms with Crippen LogP contribution in [0.3, 0.4) is 0 Å². The molecule has 0 fully saturated rings. The summed E-state index contributed by atoms with van der Waals surface area (Å²) in [5.74, 6) is 0.0778. The first-order valence-corrected chi connectivity index (χ1v) is 5.61. The molecule has 0 aliphatic heterocycles. The van der Waals surface area contributed by atoms with E-state index in [1.165, 1.54) is 6.26 Å². The molecule has 0 aliphatic carbocycles. The average Bonchev–Trinajstić information content (AvgIpc) is 2.34. The van der Waals surface area contributed by atoms with Crippen LogP contribution in [0.5, 0.6) is 0 Å². The summed E-state index contributed by atoms with van der Waals surface area (Å²) >= 11 is 0. The van der Waals surface area contributed by atoms with Gasteiger partial charge in [-0.15, -0.1) is 0 Å². The lowest BCUT2D eigenvalue weighted by Crippen LogP contribution is -2.16. The van der Waals surface area contributed by atoms with Gasteiger partial charge in [-0.1, -0.05) is 6.92 Å². The number of nitrogens with zero attached hydrogens (tertiary/aromatic N) is 1. The van der Waals surface area contributed by atoms with E-state index in [2.05, 4.69) is 9.71 Å². The minimum absolute atomic E-state index is 0.0333. The van der Waals surface area contributed by atoms with Crippen molar-refractivity contribution in [3.05, 3.63) is 12.0 Å². The number of rotatable bonds is 4. The van der Waals surface area contributed by atoms with Gasteiger partial charge >= 0.3 is 6.01 Å². The van der Waals surface area contributed by atoms with Crippen molar-refractivity contribution in [1.29, 1.82) is 0 Å². The van der Waals surface area contributed by atoms with E-state index in [1.807, 2.05) is 0 Å². The van der Waals surface area contributed by atoms with Crippen molar-refractivity contribution in [3.63, 3.8) is 0 Å². The highest BCUT2D eigenvalue weighted by Crippen LogP contribution is 2.08. The molecule has 1 aromatic rings. The normalized spacial score (nSPS) is 11.5. The van der Waals surface area contributed by atoms with Crippen LogP contribution in [0.4, 0.5) is 6.01 Å². The summed E-state index contributed by atoms with van der Waals surface area (Å²) in [7, 11) is -3.28. The second-order valence-corrected chi connectivity index (χ2v) is 4.56. The van der Waals surface area contributed by atoms with Crippen molar-refractivity contribution in [3.8, 4) is 0 Å². The molecule has 74 valence electrons. The Morgan fingerprint density at radius 3 is 2.77 bits per heavy atom. The maximum Gasteiger partial charge on any atom is 0.308 e. The van der Waals surface area contributed by atoms with Crippen molar-refractivity contribution in [1.82, 2.24) is 4.98 Å². The van der Waals surface area contributed by atoms with Gasteiger partial charge in [0, 0.05) is 0 Å². The highest BCUT2D eigenvalue weighted by Gasteiger charge is 2.11. The predicted molar refractivity (Wildman–Crippen MR) is 48.9 cm³/mol. The van der Waals surface area contributed by atoms with Crippen LogP contribution >= 0.6 is 0 Å². The number of aromatic nitrogens is 1. The number of hydrogen-bond acceptors (Lipinski definition) is 4. The molecule has 0 spiro atoms. The number of sulfonamides is 1. The zero-order valence-corrected chi connectivity index (χ0v) is 8.39. The zero-order chi connectivity index (χ0) is 9.90. The Balaban J connectivity index is 2.69. The van der Waals surface area contributed by atoms with Crippen molar-refractivity contribution in [2.75, 3.05) is 10.5 Å². The molecule has 0 saturated heterocycles. The molecule has 6 heteroatoms. The maximum absolute atomic E-state index is 11.2. The molecule has 0 aliphatic rings. The van der Waals surface area contributed by atoms with Crippen LogP contribution in [-0.4, -0.2) is 19.2 Å². The predicted octanol–water partition coefficient (Wildman–Crippen LogP) is 1.13. The van der Waals surface area contributed by atoms with E-state index in [4.69, 9.17) is 4.42 Å². The van der Waals surface area contributed by atoms with Gasteiger partial charge in [0.05, 0.1) is 11.4 Å². The van der Waals surface area contributed by atoms with Crippen LogP contribution in [0.15, 0.2) is 10.7 Å². The largest absolute Gasteiger partial charge is 0.431 e. The third kappa shape index (κ3) is 3.06. The summed E-state index contributed by atoms with van der Waals surface area (Å²) in [5, 5.41) is 0. The topological polar surface area (TPSA) is 72.2 Å². The van der Waals surface area contributed by atoms with E-state index in [9.17, 15) is 8.42 Å². The monoisotopic (exact) mass is 204 g/mol. The van der Waals surface area contributed by atoms with Gasteiger partial charge in [-0.05, 0) is 13.3 Å². The molecule has 1 aromatic heterocycles. The summed E-state index contributed by atoms with van der Waals surface area (Å²) < 4.78 is 29.5. The second kappa shape index (κ2) is 3.78. The van der Waals surface area contributed by atoms with Crippen LogP contribution < -0.4 is 4.72 Å². The number of hydrogen-bond donors (Lipinski definition) is 1. The van der Waals surface area contributed by atoms with Crippen LogP contribution in [0, 0.1) is 6.92 Å². The van der Waals surface area contributed by atoms with Crippen LogP contribution in [-0.2, 0) is 10.0 Å². The first-order chi connectivity index (χ1) is 6.03. The van der Waals surface area contributed by atoms with Crippen molar-refractivity contribution < 1.29 is 12.8 Å². The number of aryl methyl sites for hydroxylation is 1. The Labute approximate surface area is 77.2 Å². The lowest BCUT2D eigenvalue weighted by atomic mass is 10.6. The molecule has 1 N–H and O–H groups in total. The van der Waals surface area contributed by atoms with Crippen LogP contribution in [0.25, 0.3) is 0 Å². The van der Waals surface area contributed by atoms with Gasteiger partial charge in [-0.3, -0.25) is 0 Å². The molecule has 0 aromatic carbocycles. The Morgan fingerprint density at radius 1 is 1.62 bits per heavy atom. The van der Waals surface area contributed by atoms with E-state index in [0.29, 0.717) is 12.1 Å². The Morgan fingerprint density at radius 2 is 2.31 bits per heavy atom. The van der Waals surface area contributed by atoms with Crippen molar-refractivity contribution in [2.24, 2.45) is 0 Å². The lowest BCUT2D eigenvalue weighted by Gasteiger charge is -2.00. The zero-order valence-electron chi connectivity index (χ0n) is 7.57. The molecule has 13 heavy (non-hydrogen) atoms. The minimum Gasteiger partial charge on any atom is -0.431 e. The highest BCUT2D eigenvalue weighted by atomic mass is 32.2. The minimum atomic E-state index is -3.28. The van der Waals surface area contributed by atoms with E-state index in [0.717, 1.165) is 0 Å². The molecule has 0 saturated carbocycles. The van der Waals surface area contributed by atoms with Crippen molar-refractivity contribution in [2.45, 2.75) is 20.3 Å². The van der Waals surface area contributed by atoms with Gasteiger partial charge in [0.15, 0.2) is 0 Å². The third-order valence-electron chi connectivity index (χ3n) is 1.33. The summed E-state index contributed by atoms with van der Waals surface area (Å²) in [6.45, 7) is 3.52. The summed E-state index contributed by atoms with van der Waals surface area (Å²) in [6.07, 6.45) is 1.96. The average molecular weight is 204 g/mol. The van der Waals surface area contributed by atoms with Gasteiger partial charge in [0.1, 0.15) is 6.26 Å².